The van der Waals surface area contributed by atoms with Crippen molar-refractivity contribution in [2.45, 2.75) is 58.8 Å². The molecule has 4 rings (SSSR count). The molecule has 2 aromatic rings. The first kappa shape index (κ1) is 23.3. The number of benzene rings is 2. The van der Waals surface area contributed by atoms with E-state index in [1.165, 1.54) is 19.2 Å². The van der Waals surface area contributed by atoms with E-state index < -0.39 is 28.7 Å². The summed E-state index contributed by atoms with van der Waals surface area (Å²) >= 11 is 0. The van der Waals surface area contributed by atoms with Crippen LogP contribution < -0.4 is 4.74 Å². The van der Waals surface area contributed by atoms with Gasteiger partial charge in [0.05, 0.1) is 24.3 Å². The molecule has 0 amide bonds. The van der Waals surface area contributed by atoms with Crippen molar-refractivity contribution in [3.63, 3.8) is 0 Å². The molecule has 2 aliphatic carbocycles. The van der Waals surface area contributed by atoms with Crippen molar-refractivity contribution in [1.29, 1.82) is 0 Å². The van der Waals surface area contributed by atoms with Gasteiger partial charge in [0.2, 0.25) is 5.78 Å². The first-order valence-electron chi connectivity index (χ1n) is 11.0. The highest BCUT2D eigenvalue weighted by Crippen LogP contribution is 2.56. The first-order chi connectivity index (χ1) is 15.4. The van der Waals surface area contributed by atoms with Crippen LogP contribution >= 0.6 is 0 Å². The summed E-state index contributed by atoms with van der Waals surface area (Å²) in [5.74, 6) is -1.48. The van der Waals surface area contributed by atoms with Crippen molar-refractivity contribution in [2.75, 3.05) is 14.2 Å². The van der Waals surface area contributed by atoms with Gasteiger partial charge in [-0.05, 0) is 44.9 Å². The number of ketones is 2. The second kappa shape index (κ2) is 7.57. The van der Waals surface area contributed by atoms with Crippen LogP contribution in [0.15, 0.2) is 18.2 Å². The lowest BCUT2D eigenvalue weighted by Gasteiger charge is -2.52. The number of phenolic OH excluding ortho intramolecular Hbond substituents is 2. The van der Waals surface area contributed by atoms with Gasteiger partial charge in [-0.25, -0.2) is 0 Å². The van der Waals surface area contributed by atoms with E-state index in [9.17, 15) is 19.8 Å². The molecular weight excluding hydrogens is 424 g/mol. The Morgan fingerprint density at radius 2 is 1.61 bits per heavy atom. The zero-order valence-electron chi connectivity index (χ0n) is 20.0. The van der Waals surface area contributed by atoms with Gasteiger partial charge in [-0.15, -0.1) is 0 Å². The minimum atomic E-state index is -0.814. The Morgan fingerprint density at radius 1 is 0.970 bits per heavy atom. The van der Waals surface area contributed by atoms with Crippen LogP contribution in [0, 0.1) is 5.41 Å². The van der Waals surface area contributed by atoms with Crippen LogP contribution in [0.3, 0.4) is 0 Å². The quantitative estimate of drug-likeness (QED) is 0.605. The van der Waals surface area contributed by atoms with Gasteiger partial charge in [-0.2, -0.15) is 0 Å². The molecule has 2 N–H and O–H groups in total. The van der Waals surface area contributed by atoms with Crippen LogP contribution in [0.1, 0.15) is 83.7 Å². The van der Waals surface area contributed by atoms with E-state index in [-0.39, 0.29) is 45.6 Å². The average Bonchev–Trinajstić information content (AvgIpc) is 2.73. The number of hydrogen-bond acceptors (Lipinski definition) is 7. The minimum absolute atomic E-state index is 0.0514. The lowest BCUT2D eigenvalue weighted by Crippen LogP contribution is -2.54. The average molecular weight is 455 g/mol. The molecule has 2 atom stereocenters. The van der Waals surface area contributed by atoms with Crippen molar-refractivity contribution in [3.05, 3.63) is 51.6 Å². The summed E-state index contributed by atoms with van der Waals surface area (Å²) in [5, 5.41) is 21.9. The fourth-order valence-electron chi connectivity index (χ4n) is 5.13. The van der Waals surface area contributed by atoms with E-state index in [1.54, 1.807) is 13.2 Å². The van der Waals surface area contributed by atoms with Crippen LogP contribution in [0.2, 0.25) is 0 Å². The number of carbonyl (C=O) groups excluding carboxylic acids is 2. The van der Waals surface area contributed by atoms with Crippen LogP contribution in [-0.2, 0) is 15.9 Å². The Labute approximate surface area is 193 Å². The maximum atomic E-state index is 13.5. The molecule has 0 saturated carbocycles. The molecule has 0 saturated heterocycles. The second-order valence-electron chi connectivity index (χ2n) is 9.88. The molecule has 33 heavy (non-hydrogen) atoms. The van der Waals surface area contributed by atoms with Gasteiger partial charge in [0.25, 0.3) is 0 Å². The molecular formula is C26H30O7. The summed E-state index contributed by atoms with van der Waals surface area (Å²) in [6.07, 6.45) is -0.361. The summed E-state index contributed by atoms with van der Waals surface area (Å²) in [7, 11) is 3.02. The van der Waals surface area contributed by atoms with E-state index in [0.717, 1.165) is 5.56 Å². The largest absolute Gasteiger partial charge is 0.507 e. The molecule has 7 heteroatoms. The lowest BCUT2D eigenvalue weighted by atomic mass is 9.61. The Morgan fingerprint density at radius 3 is 2.18 bits per heavy atom. The van der Waals surface area contributed by atoms with Gasteiger partial charge in [0.1, 0.15) is 29.0 Å². The van der Waals surface area contributed by atoms with Crippen molar-refractivity contribution >= 4 is 11.6 Å². The molecule has 176 valence electrons. The third kappa shape index (κ3) is 3.17. The summed E-state index contributed by atoms with van der Waals surface area (Å²) < 4.78 is 17.4. The standard InChI is InChI=1S/C26H30O7/c1-12(2)33-24-18-13(11-25(3,4)26(24,5)32-7)8-15-20(22(18)29)23(30)19-16(21(15)28)9-14(31-6)10-17(19)27/h8-10,12,24,27,29H,11H2,1-7H3/t24-,26?/m1/s1. The van der Waals surface area contributed by atoms with Crippen LogP contribution in [-0.4, -0.2) is 47.7 Å². The molecule has 1 unspecified atom stereocenters. The fourth-order valence-corrected chi connectivity index (χ4v) is 5.13. The van der Waals surface area contributed by atoms with E-state index in [2.05, 4.69) is 13.8 Å². The van der Waals surface area contributed by atoms with Gasteiger partial charge < -0.3 is 24.4 Å². The topological polar surface area (TPSA) is 102 Å². The number of rotatable bonds is 4. The molecule has 0 bridgehead atoms. The summed E-state index contributed by atoms with van der Waals surface area (Å²) in [5.41, 5.74) is -0.150. The number of aromatic hydroxyl groups is 2. The third-order valence-corrected chi connectivity index (χ3v) is 7.27. The maximum Gasteiger partial charge on any atom is 0.201 e. The molecule has 0 heterocycles. The number of fused-ring (bicyclic) bond motifs is 3. The van der Waals surface area contributed by atoms with Gasteiger partial charge in [-0.3, -0.25) is 9.59 Å². The second-order valence-corrected chi connectivity index (χ2v) is 9.88. The van der Waals surface area contributed by atoms with Gasteiger partial charge >= 0.3 is 0 Å². The number of methoxy groups -OCH3 is 2. The molecule has 0 aliphatic heterocycles. The Kier molecular flexibility index (Phi) is 5.34. The molecule has 2 aliphatic rings. The number of phenols is 2. The van der Waals surface area contributed by atoms with E-state index in [4.69, 9.17) is 14.2 Å². The van der Waals surface area contributed by atoms with Crippen molar-refractivity contribution in [3.8, 4) is 17.2 Å². The van der Waals surface area contributed by atoms with Crippen LogP contribution in [0.4, 0.5) is 0 Å². The molecule has 0 fully saturated rings. The molecule has 2 aromatic carbocycles. The van der Waals surface area contributed by atoms with Crippen molar-refractivity contribution in [2.24, 2.45) is 5.41 Å². The SMILES string of the molecule is COc1cc(O)c2c(c1)C(=O)c1cc3c(c(O)c1C2=O)[C@@H](OC(C)C)C(C)(OC)C(C)(C)C3. The summed E-state index contributed by atoms with van der Waals surface area (Å²) in [6.45, 7) is 9.82. The van der Waals surface area contributed by atoms with E-state index >= 15 is 0 Å². The van der Waals surface area contributed by atoms with Crippen LogP contribution in [0.25, 0.3) is 0 Å². The zero-order valence-corrected chi connectivity index (χ0v) is 20.0. The Hall–Kier alpha value is -2.90. The lowest BCUT2D eigenvalue weighted by molar-refractivity contribution is -0.198. The molecule has 0 spiro atoms. The summed E-state index contributed by atoms with van der Waals surface area (Å²) in [6, 6.07) is 4.39. The van der Waals surface area contributed by atoms with E-state index in [0.29, 0.717) is 12.0 Å². The first-order valence-corrected chi connectivity index (χ1v) is 11.0. The molecule has 7 nitrogen and oxygen atoms in total. The Balaban J connectivity index is 2.02. The third-order valence-electron chi connectivity index (χ3n) is 7.27. The molecule has 0 aromatic heterocycles. The predicted octanol–water partition coefficient (Wildman–Crippen LogP) is 4.34. The van der Waals surface area contributed by atoms with Gasteiger partial charge in [0.15, 0.2) is 5.78 Å². The minimum Gasteiger partial charge on any atom is -0.507 e. The van der Waals surface area contributed by atoms with Crippen molar-refractivity contribution < 1.29 is 34.0 Å². The van der Waals surface area contributed by atoms with Crippen LogP contribution in [0.5, 0.6) is 17.2 Å². The van der Waals surface area contributed by atoms with Gasteiger partial charge in [-0.1, -0.05) is 13.8 Å². The highest BCUT2D eigenvalue weighted by molar-refractivity contribution is 6.30. The number of ether oxygens (including phenoxy) is 3. The number of carbonyl (C=O) groups is 2. The highest BCUT2D eigenvalue weighted by Gasteiger charge is 2.55. The Bertz CT molecular complexity index is 1180. The summed E-state index contributed by atoms with van der Waals surface area (Å²) in [4.78, 5) is 26.9. The maximum absolute atomic E-state index is 13.5. The highest BCUT2D eigenvalue weighted by atomic mass is 16.6. The van der Waals surface area contributed by atoms with E-state index in [1.807, 2.05) is 20.8 Å². The normalized spacial score (nSPS) is 23.2. The number of hydrogen-bond donors (Lipinski definition) is 2. The predicted molar refractivity (Wildman–Crippen MR) is 121 cm³/mol. The van der Waals surface area contributed by atoms with Crippen molar-refractivity contribution in [1.82, 2.24) is 0 Å². The monoisotopic (exact) mass is 454 g/mol. The fraction of sp³-hybridized carbons (Fsp3) is 0.462. The van der Waals surface area contributed by atoms with Gasteiger partial charge in [0, 0.05) is 35.3 Å². The molecule has 0 radical (unpaired) electrons. The zero-order chi connectivity index (χ0) is 24.5. The smallest absolute Gasteiger partial charge is 0.201 e.